The Morgan fingerprint density at radius 2 is 2.11 bits per heavy atom. The molecule has 1 N–H and O–H groups in total. The summed E-state index contributed by atoms with van der Waals surface area (Å²) in [6.07, 6.45) is 0. The molecule has 4 heteroatoms. The molecule has 1 aliphatic heterocycles. The first kappa shape index (κ1) is 13.6. The number of rotatable bonds is 1. The number of nitrogens with one attached hydrogen (secondary N) is 1. The number of aryl methyl sites for hydroxylation is 1. The number of nitrogens with zero attached hydrogens (tertiary/aromatic N) is 1. The maximum atomic E-state index is 12.4. The van der Waals surface area contributed by atoms with Crippen molar-refractivity contribution in [1.82, 2.24) is 5.32 Å². The lowest BCUT2D eigenvalue weighted by atomic mass is 9.97. The van der Waals surface area contributed by atoms with E-state index in [0.29, 0.717) is 6.54 Å². The van der Waals surface area contributed by atoms with E-state index in [1.54, 1.807) is 0 Å². The Hall–Kier alpha value is -0.870. The Labute approximate surface area is 117 Å². The Morgan fingerprint density at radius 1 is 1.44 bits per heavy atom. The van der Waals surface area contributed by atoms with E-state index < -0.39 is 5.54 Å². The van der Waals surface area contributed by atoms with Crippen molar-refractivity contribution >= 4 is 27.5 Å². The van der Waals surface area contributed by atoms with Crippen molar-refractivity contribution in [2.75, 3.05) is 11.4 Å². The standard InChI is InChI=1S/C14H19BrN2O/c1-9-5-6-11(7-12(9)15)17-8-10(2)16-14(3,4)13(17)18/h5-7,10,16H,8H2,1-4H3. The summed E-state index contributed by atoms with van der Waals surface area (Å²) in [5.41, 5.74) is 1.63. The Morgan fingerprint density at radius 3 is 2.72 bits per heavy atom. The van der Waals surface area contributed by atoms with Crippen LogP contribution in [0.1, 0.15) is 26.3 Å². The molecule has 1 atom stereocenters. The van der Waals surface area contributed by atoms with Crippen molar-refractivity contribution in [3.05, 3.63) is 28.2 Å². The summed E-state index contributed by atoms with van der Waals surface area (Å²) < 4.78 is 1.04. The van der Waals surface area contributed by atoms with Crippen LogP contribution in [0.25, 0.3) is 0 Å². The van der Waals surface area contributed by atoms with E-state index in [1.165, 1.54) is 5.56 Å². The lowest BCUT2D eigenvalue weighted by Crippen LogP contribution is -2.65. The zero-order valence-corrected chi connectivity index (χ0v) is 12.8. The molecule has 1 amide bonds. The zero-order valence-electron chi connectivity index (χ0n) is 11.2. The molecule has 1 aromatic carbocycles. The SMILES string of the molecule is Cc1ccc(N2CC(C)NC(C)(C)C2=O)cc1Br. The molecule has 2 rings (SSSR count). The Balaban J connectivity index is 2.36. The van der Waals surface area contributed by atoms with Crippen LogP contribution in [0.5, 0.6) is 0 Å². The molecule has 1 saturated heterocycles. The van der Waals surface area contributed by atoms with Gasteiger partial charge in [0, 0.05) is 22.7 Å². The topological polar surface area (TPSA) is 32.3 Å². The summed E-state index contributed by atoms with van der Waals surface area (Å²) >= 11 is 3.52. The van der Waals surface area contributed by atoms with Crippen LogP contribution in [0.15, 0.2) is 22.7 Å². The van der Waals surface area contributed by atoms with Crippen molar-refractivity contribution in [2.24, 2.45) is 0 Å². The van der Waals surface area contributed by atoms with E-state index in [0.717, 1.165) is 10.2 Å². The fourth-order valence-electron chi connectivity index (χ4n) is 2.39. The first-order chi connectivity index (χ1) is 8.31. The van der Waals surface area contributed by atoms with Gasteiger partial charge in [0.2, 0.25) is 5.91 Å². The molecule has 1 unspecified atom stereocenters. The number of benzene rings is 1. The van der Waals surface area contributed by atoms with Crippen LogP contribution in [0.4, 0.5) is 5.69 Å². The van der Waals surface area contributed by atoms with Crippen LogP contribution in [0.3, 0.4) is 0 Å². The summed E-state index contributed by atoms with van der Waals surface area (Å²) in [6, 6.07) is 6.35. The first-order valence-corrected chi connectivity index (χ1v) is 6.96. The second-order valence-electron chi connectivity index (χ2n) is 5.52. The van der Waals surface area contributed by atoms with Gasteiger partial charge in [0.15, 0.2) is 0 Å². The summed E-state index contributed by atoms with van der Waals surface area (Å²) in [6.45, 7) is 8.71. The zero-order chi connectivity index (χ0) is 13.5. The summed E-state index contributed by atoms with van der Waals surface area (Å²) in [7, 11) is 0. The summed E-state index contributed by atoms with van der Waals surface area (Å²) in [4.78, 5) is 14.3. The van der Waals surface area contributed by atoms with Gasteiger partial charge in [0.05, 0.1) is 5.54 Å². The second kappa shape index (κ2) is 4.67. The smallest absolute Gasteiger partial charge is 0.246 e. The van der Waals surface area contributed by atoms with Crippen LogP contribution in [-0.2, 0) is 4.79 Å². The van der Waals surface area contributed by atoms with Gasteiger partial charge in [-0.2, -0.15) is 0 Å². The van der Waals surface area contributed by atoms with E-state index in [9.17, 15) is 4.79 Å². The molecule has 0 aromatic heterocycles. The van der Waals surface area contributed by atoms with Gasteiger partial charge >= 0.3 is 0 Å². The van der Waals surface area contributed by atoms with E-state index in [1.807, 2.05) is 43.9 Å². The van der Waals surface area contributed by atoms with Gasteiger partial charge in [-0.25, -0.2) is 0 Å². The largest absolute Gasteiger partial charge is 0.309 e. The van der Waals surface area contributed by atoms with Crippen LogP contribution >= 0.6 is 15.9 Å². The van der Waals surface area contributed by atoms with Gasteiger partial charge in [-0.15, -0.1) is 0 Å². The minimum absolute atomic E-state index is 0.122. The lowest BCUT2D eigenvalue weighted by Gasteiger charge is -2.41. The molecule has 0 spiro atoms. The predicted octanol–water partition coefficient (Wildman–Crippen LogP) is 2.86. The fraction of sp³-hybridized carbons (Fsp3) is 0.500. The number of anilines is 1. The number of piperazine rings is 1. The molecule has 1 fully saturated rings. The van der Waals surface area contributed by atoms with E-state index >= 15 is 0 Å². The highest BCUT2D eigenvalue weighted by atomic mass is 79.9. The van der Waals surface area contributed by atoms with Crippen molar-refractivity contribution in [3.8, 4) is 0 Å². The predicted molar refractivity (Wildman–Crippen MR) is 77.9 cm³/mol. The number of carbonyl (C=O) groups is 1. The number of carbonyl (C=O) groups excluding carboxylic acids is 1. The molecule has 1 heterocycles. The van der Waals surface area contributed by atoms with Gasteiger partial charge in [-0.3, -0.25) is 10.1 Å². The van der Waals surface area contributed by atoms with Crippen LogP contribution in [0.2, 0.25) is 0 Å². The highest BCUT2D eigenvalue weighted by molar-refractivity contribution is 9.10. The maximum Gasteiger partial charge on any atom is 0.246 e. The first-order valence-electron chi connectivity index (χ1n) is 6.17. The highest BCUT2D eigenvalue weighted by Crippen LogP contribution is 2.27. The summed E-state index contributed by atoms with van der Waals surface area (Å²) in [5, 5.41) is 3.33. The number of hydrogen-bond acceptors (Lipinski definition) is 2. The molecule has 0 radical (unpaired) electrons. The normalized spacial score (nSPS) is 23.3. The van der Waals surface area contributed by atoms with Crippen LogP contribution in [-0.4, -0.2) is 24.0 Å². The molecule has 98 valence electrons. The minimum Gasteiger partial charge on any atom is -0.309 e. The molecule has 3 nitrogen and oxygen atoms in total. The molecule has 0 saturated carbocycles. The van der Waals surface area contributed by atoms with Gasteiger partial charge in [0.25, 0.3) is 0 Å². The van der Waals surface area contributed by atoms with Crippen molar-refractivity contribution in [2.45, 2.75) is 39.3 Å². The second-order valence-corrected chi connectivity index (χ2v) is 6.37. The highest BCUT2D eigenvalue weighted by Gasteiger charge is 2.38. The number of halogens is 1. The Kier molecular flexibility index (Phi) is 3.52. The molecule has 18 heavy (non-hydrogen) atoms. The minimum atomic E-state index is -0.505. The molecular formula is C14H19BrN2O. The third kappa shape index (κ3) is 2.45. The summed E-state index contributed by atoms with van der Waals surface area (Å²) in [5.74, 6) is 0.122. The van der Waals surface area contributed by atoms with Crippen molar-refractivity contribution in [1.29, 1.82) is 0 Å². The number of amides is 1. The fourth-order valence-corrected chi connectivity index (χ4v) is 2.76. The van der Waals surface area contributed by atoms with E-state index in [-0.39, 0.29) is 11.9 Å². The van der Waals surface area contributed by atoms with E-state index in [4.69, 9.17) is 0 Å². The van der Waals surface area contributed by atoms with Gasteiger partial charge in [-0.05, 0) is 45.4 Å². The average molecular weight is 311 g/mol. The van der Waals surface area contributed by atoms with Gasteiger partial charge in [0.1, 0.15) is 0 Å². The quantitative estimate of drug-likeness (QED) is 0.865. The van der Waals surface area contributed by atoms with Gasteiger partial charge < -0.3 is 4.90 Å². The number of hydrogen-bond donors (Lipinski definition) is 1. The van der Waals surface area contributed by atoms with Crippen molar-refractivity contribution in [3.63, 3.8) is 0 Å². The van der Waals surface area contributed by atoms with Gasteiger partial charge in [-0.1, -0.05) is 22.0 Å². The lowest BCUT2D eigenvalue weighted by molar-refractivity contribution is -0.125. The van der Waals surface area contributed by atoms with Crippen LogP contribution < -0.4 is 10.2 Å². The molecule has 1 aliphatic rings. The molecule has 0 bridgehead atoms. The Bertz CT molecular complexity index is 485. The van der Waals surface area contributed by atoms with E-state index in [2.05, 4.69) is 28.2 Å². The third-order valence-corrected chi connectivity index (χ3v) is 4.16. The monoisotopic (exact) mass is 310 g/mol. The molecule has 1 aromatic rings. The van der Waals surface area contributed by atoms with Crippen molar-refractivity contribution < 1.29 is 4.79 Å². The van der Waals surface area contributed by atoms with Crippen LogP contribution in [0, 0.1) is 6.92 Å². The molecule has 0 aliphatic carbocycles. The third-order valence-electron chi connectivity index (χ3n) is 3.31. The molecular weight excluding hydrogens is 292 g/mol. The maximum absolute atomic E-state index is 12.4. The average Bonchev–Trinajstić information content (AvgIpc) is 2.27.